The molecule has 3 saturated heterocycles. The monoisotopic (exact) mass is 251 g/mol. The van der Waals surface area contributed by atoms with Crippen molar-refractivity contribution < 1.29 is 0 Å². The van der Waals surface area contributed by atoms with Crippen LogP contribution in [0, 0.1) is 0 Å². The fraction of sp³-hybridized carbons (Fsp3) is 1.00. The van der Waals surface area contributed by atoms with Crippen LogP contribution in [0.4, 0.5) is 0 Å². The van der Waals surface area contributed by atoms with E-state index in [1.165, 1.54) is 64.8 Å². The van der Waals surface area contributed by atoms with Gasteiger partial charge in [-0.15, -0.1) is 0 Å². The molecule has 0 N–H and O–H groups in total. The molecule has 3 aliphatic rings. The lowest BCUT2D eigenvalue weighted by Crippen LogP contribution is -2.49. The molecule has 104 valence electrons. The van der Waals surface area contributed by atoms with Gasteiger partial charge in [0.2, 0.25) is 0 Å². The highest BCUT2D eigenvalue weighted by molar-refractivity contribution is 4.90. The van der Waals surface area contributed by atoms with Gasteiger partial charge in [-0.25, -0.2) is 0 Å². The average Bonchev–Trinajstić information content (AvgIpc) is 2.70. The first kappa shape index (κ1) is 12.9. The quantitative estimate of drug-likeness (QED) is 0.701. The zero-order chi connectivity index (χ0) is 12.5. The first-order chi connectivity index (χ1) is 8.74. The largest absolute Gasteiger partial charge is 0.304 e. The van der Waals surface area contributed by atoms with E-state index in [1.54, 1.807) is 0 Å². The topological polar surface area (TPSA) is 9.72 Å². The van der Waals surface area contributed by atoms with Gasteiger partial charge in [0.25, 0.3) is 0 Å². The highest BCUT2D eigenvalue weighted by atomic mass is 15.3. The van der Waals surface area contributed by atoms with E-state index >= 15 is 0 Å². The summed E-state index contributed by atoms with van der Waals surface area (Å²) in [7, 11) is 2.28. The van der Waals surface area contributed by atoms with E-state index < -0.39 is 0 Å². The minimum absolute atomic E-state index is 0.770. The van der Waals surface area contributed by atoms with Crippen LogP contribution in [0.1, 0.15) is 39.0 Å². The van der Waals surface area contributed by atoms with Crippen molar-refractivity contribution in [1.82, 2.24) is 14.7 Å². The number of nitrogens with zero attached hydrogens (tertiary/aromatic N) is 3. The molecule has 0 bridgehead atoms. The molecule has 3 aliphatic heterocycles. The number of fused-ring (bicyclic) bond motifs is 1. The fourth-order valence-electron chi connectivity index (χ4n) is 4.16. The molecule has 0 aromatic rings. The van der Waals surface area contributed by atoms with Crippen LogP contribution in [-0.2, 0) is 0 Å². The molecule has 0 aromatic carbocycles. The van der Waals surface area contributed by atoms with E-state index in [0.29, 0.717) is 0 Å². The average molecular weight is 251 g/mol. The molecular weight excluding hydrogens is 222 g/mol. The van der Waals surface area contributed by atoms with Gasteiger partial charge in [-0.1, -0.05) is 0 Å². The second kappa shape index (κ2) is 5.48. The van der Waals surface area contributed by atoms with Gasteiger partial charge < -0.3 is 4.90 Å². The standard InChI is InChI=1S/C15H29N3/c1-13-11-14(6-10-16(13)2)18-9-4-8-17-7-3-5-15(17)12-18/h13-15H,3-12H2,1-2H3. The van der Waals surface area contributed by atoms with Gasteiger partial charge in [0.15, 0.2) is 0 Å². The molecule has 3 atom stereocenters. The Hall–Kier alpha value is -0.120. The van der Waals surface area contributed by atoms with Gasteiger partial charge in [-0.05, 0) is 72.3 Å². The van der Waals surface area contributed by atoms with Gasteiger partial charge in [-0.3, -0.25) is 9.80 Å². The van der Waals surface area contributed by atoms with E-state index in [2.05, 4.69) is 28.7 Å². The van der Waals surface area contributed by atoms with Crippen LogP contribution in [0.25, 0.3) is 0 Å². The Kier molecular flexibility index (Phi) is 3.92. The molecule has 18 heavy (non-hydrogen) atoms. The van der Waals surface area contributed by atoms with Crippen molar-refractivity contribution in [2.24, 2.45) is 0 Å². The van der Waals surface area contributed by atoms with Crippen molar-refractivity contribution in [2.75, 3.05) is 39.8 Å². The predicted molar refractivity (Wildman–Crippen MR) is 75.9 cm³/mol. The van der Waals surface area contributed by atoms with Crippen molar-refractivity contribution in [2.45, 2.75) is 57.2 Å². The summed E-state index contributed by atoms with van der Waals surface area (Å²) in [4.78, 5) is 8.11. The Balaban J connectivity index is 1.61. The highest BCUT2D eigenvalue weighted by Gasteiger charge is 2.33. The summed E-state index contributed by atoms with van der Waals surface area (Å²) < 4.78 is 0. The molecule has 0 aromatic heterocycles. The van der Waals surface area contributed by atoms with E-state index in [-0.39, 0.29) is 0 Å². The molecule has 3 heteroatoms. The third-order valence-electron chi connectivity index (χ3n) is 5.53. The summed E-state index contributed by atoms with van der Waals surface area (Å²) in [6.07, 6.45) is 7.02. The summed E-state index contributed by atoms with van der Waals surface area (Å²) in [5.41, 5.74) is 0. The van der Waals surface area contributed by atoms with Crippen LogP contribution in [0.2, 0.25) is 0 Å². The second-order valence-electron chi connectivity index (χ2n) is 6.69. The van der Waals surface area contributed by atoms with Gasteiger partial charge >= 0.3 is 0 Å². The Labute approximate surface area is 112 Å². The Morgan fingerprint density at radius 1 is 0.833 bits per heavy atom. The fourth-order valence-corrected chi connectivity index (χ4v) is 4.16. The lowest BCUT2D eigenvalue weighted by molar-refractivity contribution is 0.0825. The molecule has 3 nitrogen and oxygen atoms in total. The maximum Gasteiger partial charge on any atom is 0.0223 e. The molecule has 0 saturated carbocycles. The summed E-state index contributed by atoms with van der Waals surface area (Å²) in [5.74, 6) is 0. The van der Waals surface area contributed by atoms with Crippen LogP contribution < -0.4 is 0 Å². The number of hydrogen-bond donors (Lipinski definition) is 0. The van der Waals surface area contributed by atoms with Crippen LogP contribution in [0.5, 0.6) is 0 Å². The predicted octanol–water partition coefficient (Wildman–Crippen LogP) is 1.64. The Morgan fingerprint density at radius 3 is 2.44 bits per heavy atom. The zero-order valence-electron chi connectivity index (χ0n) is 12.1. The van der Waals surface area contributed by atoms with Crippen molar-refractivity contribution >= 4 is 0 Å². The molecule has 3 fully saturated rings. The minimum Gasteiger partial charge on any atom is -0.304 e. The maximum absolute atomic E-state index is 2.83. The number of piperidine rings is 1. The molecule has 0 radical (unpaired) electrons. The van der Waals surface area contributed by atoms with E-state index in [0.717, 1.165) is 18.1 Å². The van der Waals surface area contributed by atoms with Crippen molar-refractivity contribution in [3.8, 4) is 0 Å². The van der Waals surface area contributed by atoms with Gasteiger partial charge in [0.1, 0.15) is 0 Å². The molecular formula is C15H29N3. The number of rotatable bonds is 1. The van der Waals surface area contributed by atoms with Crippen LogP contribution >= 0.6 is 0 Å². The summed E-state index contributed by atoms with van der Waals surface area (Å²) in [6, 6.07) is 2.51. The molecule has 3 heterocycles. The van der Waals surface area contributed by atoms with Gasteiger partial charge in [0, 0.05) is 24.7 Å². The number of hydrogen-bond acceptors (Lipinski definition) is 3. The zero-order valence-corrected chi connectivity index (χ0v) is 12.1. The smallest absolute Gasteiger partial charge is 0.0223 e. The van der Waals surface area contributed by atoms with Crippen molar-refractivity contribution in [3.63, 3.8) is 0 Å². The lowest BCUT2D eigenvalue weighted by Gasteiger charge is -2.41. The molecule has 0 amide bonds. The Morgan fingerprint density at radius 2 is 1.61 bits per heavy atom. The van der Waals surface area contributed by atoms with Crippen molar-refractivity contribution in [1.29, 1.82) is 0 Å². The Bertz CT molecular complexity index is 281. The van der Waals surface area contributed by atoms with Gasteiger partial charge in [-0.2, -0.15) is 0 Å². The normalized spacial score (nSPS) is 40.7. The van der Waals surface area contributed by atoms with Gasteiger partial charge in [0.05, 0.1) is 0 Å². The van der Waals surface area contributed by atoms with Crippen LogP contribution in [0.3, 0.4) is 0 Å². The summed E-state index contributed by atoms with van der Waals surface area (Å²) in [6.45, 7) is 9.09. The van der Waals surface area contributed by atoms with Crippen LogP contribution in [-0.4, -0.2) is 72.6 Å². The van der Waals surface area contributed by atoms with E-state index in [9.17, 15) is 0 Å². The first-order valence-electron chi connectivity index (χ1n) is 7.92. The molecule has 0 aliphatic carbocycles. The van der Waals surface area contributed by atoms with Crippen molar-refractivity contribution in [3.05, 3.63) is 0 Å². The maximum atomic E-state index is 2.83. The third-order valence-corrected chi connectivity index (χ3v) is 5.53. The summed E-state index contributed by atoms with van der Waals surface area (Å²) in [5, 5.41) is 0. The number of likely N-dealkylation sites (tertiary alicyclic amines) is 1. The van der Waals surface area contributed by atoms with Crippen LogP contribution in [0.15, 0.2) is 0 Å². The summed E-state index contributed by atoms with van der Waals surface area (Å²) >= 11 is 0. The van der Waals surface area contributed by atoms with E-state index in [4.69, 9.17) is 0 Å². The third kappa shape index (κ3) is 2.59. The minimum atomic E-state index is 0.770. The lowest BCUT2D eigenvalue weighted by atomic mass is 9.97. The highest BCUT2D eigenvalue weighted by Crippen LogP contribution is 2.26. The first-order valence-corrected chi connectivity index (χ1v) is 7.92. The molecule has 0 spiro atoms. The second-order valence-corrected chi connectivity index (χ2v) is 6.69. The molecule has 3 rings (SSSR count). The molecule has 3 unspecified atom stereocenters. The SMILES string of the molecule is CC1CC(N2CCCN3CCCC3C2)CCN1C. The van der Waals surface area contributed by atoms with E-state index in [1.807, 2.05) is 0 Å².